The number of imide groups is 1. The van der Waals surface area contributed by atoms with Crippen molar-refractivity contribution in [2.24, 2.45) is 0 Å². The number of carbonyl (C=O) groups excluding carboxylic acids is 2. The molecule has 7 heteroatoms. The lowest BCUT2D eigenvalue weighted by molar-refractivity contribution is -0.137. The standard InChI is InChI=1S/C24H21N3O4/c1-30-19-11-5-3-9-17(19)21-22(26-18-10-4-6-12-20(18)31-2)24(29)27(23(21)28)15-16-8-7-13-25-14-16/h3-14,26H,15H2,1-2H3. The molecule has 156 valence electrons. The van der Waals surface area contributed by atoms with Crippen molar-refractivity contribution >= 4 is 23.1 Å². The molecule has 4 rings (SSSR count). The van der Waals surface area contributed by atoms with Gasteiger partial charge in [-0.25, -0.2) is 0 Å². The number of anilines is 1. The fraction of sp³-hybridized carbons (Fsp3) is 0.125. The summed E-state index contributed by atoms with van der Waals surface area (Å²) in [5.41, 5.74) is 2.29. The summed E-state index contributed by atoms with van der Waals surface area (Å²) >= 11 is 0. The number of ether oxygens (including phenoxy) is 2. The van der Waals surface area contributed by atoms with Crippen LogP contribution in [0.15, 0.2) is 78.8 Å². The number of pyridine rings is 1. The highest BCUT2D eigenvalue weighted by atomic mass is 16.5. The van der Waals surface area contributed by atoms with E-state index >= 15 is 0 Å². The highest BCUT2D eigenvalue weighted by Crippen LogP contribution is 2.37. The molecule has 7 nitrogen and oxygen atoms in total. The maximum Gasteiger partial charge on any atom is 0.278 e. The minimum Gasteiger partial charge on any atom is -0.496 e. The molecule has 1 aliphatic rings. The zero-order valence-corrected chi connectivity index (χ0v) is 17.2. The molecule has 1 aromatic heterocycles. The largest absolute Gasteiger partial charge is 0.496 e. The first kappa shape index (κ1) is 20.2. The van der Waals surface area contributed by atoms with Crippen molar-refractivity contribution in [3.05, 3.63) is 89.9 Å². The van der Waals surface area contributed by atoms with E-state index in [2.05, 4.69) is 10.3 Å². The Morgan fingerprint density at radius 3 is 2.29 bits per heavy atom. The smallest absolute Gasteiger partial charge is 0.278 e. The van der Waals surface area contributed by atoms with Gasteiger partial charge in [-0.05, 0) is 29.8 Å². The van der Waals surface area contributed by atoms with E-state index in [4.69, 9.17) is 9.47 Å². The summed E-state index contributed by atoms with van der Waals surface area (Å²) in [7, 11) is 3.08. The number of rotatable bonds is 7. The Morgan fingerprint density at radius 1 is 0.871 bits per heavy atom. The Hall–Kier alpha value is -4.13. The molecule has 0 atom stereocenters. The van der Waals surface area contributed by atoms with Gasteiger partial charge in [-0.15, -0.1) is 0 Å². The average molecular weight is 415 g/mol. The van der Waals surface area contributed by atoms with Crippen LogP contribution in [-0.2, 0) is 16.1 Å². The molecule has 3 aromatic rings. The van der Waals surface area contributed by atoms with Gasteiger partial charge in [0.2, 0.25) is 0 Å². The number of amides is 2. The van der Waals surface area contributed by atoms with Gasteiger partial charge in [0.25, 0.3) is 11.8 Å². The fourth-order valence-electron chi connectivity index (χ4n) is 3.49. The van der Waals surface area contributed by atoms with Gasteiger partial charge in [0.1, 0.15) is 17.2 Å². The van der Waals surface area contributed by atoms with Crippen molar-refractivity contribution in [3.8, 4) is 11.5 Å². The second kappa shape index (κ2) is 8.71. The van der Waals surface area contributed by atoms with Crippen LogP contribution in [0.4, 0.5) is 5.69 Å². The van der Waals surface area contributed by atoms with E-state index in [0.29, 0.717) is 22.7 Å². The van der Waals surface area contributed by atoms with Crippen LogP contribution < -0.4 is 14.8 Å². The van der Waals surface area contributed by atoms with Gasteiger partial charge < -0.3 is 14.8 Å². The maximum absolute atomic E-state index is 13.4. The monoisotopic (exact) mass is 415 g/mol. The van der Waals surface area contributed by atoms with Crippen molar-refractivity contribution in [1.29, 1.82) is 0 Å². The van der Waals surface area contributed by atoms with Crippen molar-refractivity contribution < 1.29 is 19.1 Å². The highest BCUT2D eigenvalue weighted by Gasteiger charge is 2.40. The van der Waals surface area contributed by atoms with Crippen LogP contribution in [0.3, 0.4) is 0 Å². The minimum absolute atomic E-state index is 0.112. The van der Waals surface area contributed by atoms with E-state index in [0.717, 1.165) is 5.56 Å². The topological polar surface area (TPSA) is 80.8 Å². The molecule has 2 heterocycles. The first-order valence-electron chi connectivity index (χ1n) is 9.67. The summed E-state index contributed by atoms with van der Waals surface area (Å²) in [5, 5.41) is 3.13. The van der Waals surface area contributed by atoms with Crippen molar-refractivity contribution in [3.63, 3.8) is 0 Å². The second-order valence-corrected chi connectivity index (χ2v) is 6.83. The molecule has 2 amide bonds. The van der Waals surface area contributed by atoms with E-state index in [1.54, 1.807) is 55.9 Å². The third-order valence-electron chi connectivity index (χ3n) is 4.97. The highest BCUT2D eigenvalue weighted by molar-refractivity contribution is 6.37. The second-order valence-electron chi connectivity index (χ2n) is 6.83. The summed E-state index contributed by atoms with van der Waals surface area (Å²) in [6.07, 6.45) is 3.28. The molecular weight excluding hydrogens is 394 g/mol. The summed E-state index contributed by atoms with van der Waals surface area (Å²) in [6, 6.07) is 17.9. The third kappa shape index (κ3) is 3.85. The predicted molar refractivity (Wildman–Crippen MR) is 116 cm³/mol. The Labute approximate surface area is 179 Å². The van der Waals surface area contributed by atoms with Gasteiger partial charge in [-0.2, -0.15) is 0 Å². The molecule has 2 aromatic carbocycles. The van der Waals surface area contributed by atoms with Crippen LogP contribution >= 0.6 is 0 Å². The predicted octanol–water partition coefficient (Wildman–Crippen LogP) is 3.49. The molecule has 1 aliphatic heterocycles. The number of nitrogens with one attached hydrogen (secondary N) is 1. The van der Waals surface area contributed by atoms with Gasteiger partial charge >= 0.3 is 0 Å². The average Bonchev–Trinajstić information content (AvgIpc) is 3.04. The molecule has 0 spiro atoms. The van der Waals surface area contributed by atoms with E-state index in [1.807, 2.05) is 24.3 Å². The quantitative estimate of drug-likeness (QED) is 0.595. The Balaban J connectivity index is 1.81. The van der Waals surface area contributed by atoms with Crippen molar-refractivity contribution in [2.75, 3.05) is 19.5 Å². The Bertz CT molecular complexity index is 1160. The Morgan fingerprint density at radius 2 is 1.58 bits per heavy atom. The molecule has 1 N–H and O–H groups in total. The van der Waals surface area contributed by atoms with Crippen LogP contribution in [0, 0.1) is 0 Å². The van der Waals surface area contributed by atoms with Crippen molar-refractivity contribution in [1.82, 2.24) is 9.88 Å². The molecule has 0 bridgehead atoms. The molecular formula is C24H21N3O4. The summed E-state index contributed by atoms with van der Waals surface area (Å²) in [5.74, 6) is 0.220. The zero-order valence-electron chi connectivity index (χ0n) is 17.2. The first-order chi connectivity index (χ1) is 15.1. The Kier molecular flexibility index (Phi) is 5.66. The number of para-hydroxylation sites is 3. The minimum atomic E-state index is -0.430. The van der Waals surface area contributed by atoms with Crippen LogP contribution in [-0.4, -0.2) is 35.9 Å². The summed E-state index contributed by atoms with van der Waals surface area (Å²) in [4.78, 5) is 32.1. The van der Waals surface area contributed by atoms with Gasteiger partial charge in [0, 0.05) is 18.0 Å². The van der Waals surface area contributed by atoms with Gasteiger partial charge in [0.05, 0.1) is 32.0 Å². The summed E-state index contributed by atoms with van der Waals surface area (Å²) < 4.78 is 10.9. The van der Waals surface area contributed by atoms with E-state index in [9.17, 15) is 9.59 Å². The van der Waals surface area contributed by atoms with Crippen LogP contribution in [0.5, 0.6) is 11.5 Å². The SMILES string of the molecule is COc1ccccc1NC1=C(c2ccccc2OC)C(=O)N(Cc2cccnc2)C1=O. The van der Waals surface area contributed by atoms with Crippen molar-refractivity contribution in [2.45, 2.75) is 6.54 Å². The fourth-order valence-corrected chi connectivity index (χ4v) is 3.49. The maximum atomic E-state index is 13.4. The lowest BCUT2D eigenvalue weighted by Gasteiger charge is -2.15. The van der Waals surface area contributed by atoms with E-state index < -0.39 is 11.8 Å². The third-order valence-corrected chi connectivity index (χ3v) is 4.97. The van der Waals surface area contributed by atoms with Gasteiger partial charge in [-0.3, -0.25) is 19.5 Å². The number of methoxy groups -OCH3 is 2. The normalized spacial score (nSPS) is 13.5. The molecule has 0 radical (unpaired) electrons. The zero-order chi connectivity index (χ0) is 21.8. The van der Waals surface area contributed by atoms with Gasteiger partial charge in [-0.1, -0.05) is 36.4 Å². The van der Waals surface area contributed by atoms with Crippen LogP contribution in [0.2, 0.25) is 0 Å². The molecule has 31 heavy (non-hydrogen) atoms. The number of nitrogens with zero attached hydrogens (tertiary/aromatic N) is 2. The first-order valence-corrected chi connectivity index (χ1v) is 9.67. The van der Waals surface area contributed by atoms with Gasteiger partial charge in [0.15, 0.2) is 0 Å². The number of hydrogen-bond acceptors (Lipinski definition) is 6. The summed E-state index contributed by atoms with van der Waals surface area (Å²) in [6.45, 7) is 0.112. The lowest BCUT2D eigenvalue weighted by atomic mass is 10.0. The molecule has 0 saturated heterocycles. The van der Waals surface area contributed by atoms with Crippen LogP contribution in [0.1, 0.15) is 11.1 Å². The number of carbonyl (C=O) groups is 2. The van der Waals surface area contributed by atoms with E-state index in [1.165, 1.54) is 12.0 Å². The van der Waals surface area contributed by atoms with E-state index in [-0.39, 0.29) is 17.8 Å². The van der Waals surface area contributed by atoms with Crippen LogP contribution in [0.25, 0.3) is 5.57 Å². The molecule has 0 aliphatic carbocycles. The molecule has 0 fully saturated rings. The molecule has 0 unspecified atom stereocenters. The molecule has 0 saturated carbocycles. The number of hydrogen-bond donors (Lipinski definition) is 1. The number of aromatic nitrogens is 1. The number of benzene rings is 2. The lowest BCUT2D eigenvalue weighted by Crippen LogP contribution is -2.32.